The number of piperidine rings is 6. The fraction of sp³-hybridized carbons (Fsp3) is 0.595. The predicted molar refractivity (Wildman–Crippen MR) is 368 cm³/mol. The standard InChI is InChI=1S/C27H34N4O3.C24H30FN3O3.C23H32FN3O4S/c1-3-34-26(33)30-14-8-23(9-15-30)29-16-10-27(11-17-29)19-31(20(2)32)25-5-4-22(18-24(25)27)21-6-12-28-13-7-21;1-3-4-15-31-23(30)27-11-7-20(8-12-27)26-13-9-24(10-14-26)17-28(18(2)29)22-6-5-19(25)16-21(22)24;1-3-31-22(28)27-17-5-6-18(27)14-19(13-17)25-10-8-23(9-11-25)15-26(32(2,29)30)21-7-4-16(24)12-20(21)23/h4-7,12-13,18,23H,3,8-11,14-17,19H2,1-2H3;5-6,16,20H,7-15,17H2,1-2H3;4,7,12,17-19H,3,5-6,8-11,13-15H2,1-2H3. The van der Waals surface area contributed by atoms with Gasteiger partial charge in [-0.05, 0) is 238 Å². The molecule has 3 spiro atoms. The fourth-order valence-corrected chi connectivity index (χ4v) is 19.0. The Balaban J connectivity index is 0.000000139. The highest BCUT2D eigenvalue weighted by molar-refractivity contribution is 7.92. The third-order valence-corrected chi connectivity index (χ3v) is 24.3. The molecule has 10 aliphatic heterocycles. The van der Waals surface area contributed by atoms with Crippen LogP contribution in [0, 0.1) is 23.5 Å². The monoisotopic (exact) mass is 1350 g/mol. The minimum absolute atomic E-state index is 0.00613. The molecule has 2 atom stereocenters. The van der Waals surface area contributed by atoms with E-state index in [0.717, 1.165) is 177 Å². The number of halogens is 2. The van der Waals surface area contributed by atoms with Crippen molar-refractivity contribution in [3.63, 3.8) is 0 Å². The lowest BCUT2D eigenvalue weighted by molar-refractivity contribution is -0.117. The minimum Gasteiger partial charge on any atom is -0.450 e. The molecular weight excluding hydrogens is 1260 g/mol. The Morgan fingerprint density at radius 2 is 0.938 bits per heavy atom. The summed E-state index contributed by atoms with van der Waals surface area (Å²) < 4.78 is 70.0. The smallest absolute Gasteiger partial charge is 0.410 e. The van der Waals surface area contributed by atoms with Crippen LogP contribution in [0.3, 0.4) is 0 Å². The molecule has 0 radical (unpaired) electrons. The van der Waals surface area contributed by atoms with Gasteiger partial charge in [-0.3, -0.25) is 18.9 Å². The Hall–Kier alpha value is -7.39. The second kappa shape index (κ2) is 29.2. The molecule has 5 amide bonds. The number of benzene rings is 3. The number of amides is 5. The molecule has 0 N–H and O–H groups in total. The first-order valence-electron chi connectivity index (χ1n) is 35.2. The number of rotatable bonds is 8. The van der Waals surface area contributed by atoms with Crippen molar-refractivity contribution in [1.29, 1.82) is 0 Å². The molecule has 20 nitrogen and oxygen atoms in total. The summed E-state index contributed by atoms with van der Waals surface area (Å²) in [5.74, 6) is 5.04. The van der Waals surface area contributed by atoms with Crippen molar-refractivity contribution >= 4 is 57.2 Å². The predicted octanol–water partition coefficient (Wildman–Crippen LogP) is 10.3. The molecule has 522 valence electrons. The van der Waals surface area contributed by atoms with E-state index in [1.165, 1.54) is 39.9 Å². The van der Waals surface area contributed by atoms with Gasteiger partial charge < -0.3 is 53.4 Å². The van der Waals surface area contributed by atoms with Crippen molar-refractivity contribution in [3.8, 4) is 23.0 Å². The van der Waals surface area contributed by atoms with Gasteiger partial charge in [0.05, 0.1) is 25.2 Å². The lowest BCUT2D eigenvalue weighted by atomic mass is 9.73. The zero-order valence-corrected chi connectivity index (χ0v) is 58.1. The molecule has 0 aliphatic carbocycles. The Labute approximate surface area is 570 Å². The van der Waals surface area contributed by atoms with Gasteiger partial charge >= 0.3 is 18.3 Å². The normalized spacial score (nSPS) is 23.5. The van der Waals surface area contributed by atoms with Crippen molar-refractivity contribution in [2.45, 2.75) is 171 Å². The van der Waals surface area contributed by atoms with Crippen LogP contribution in [-0.2, 0) is 50.1 Å². The fourth-order valence-electron chi connectivity index (χ4n) is 18.0. The third kappa shape index (κ3) is 14.4. The number of carbonyl (C=O) groups is 5. The molecule has 10 aliphatic rings. The topological polar surface area (TPSA) is 189 Å². The summed E-state index contributed by atoms with van der Waals surface area (Å²) in [6.45, 7) is 20.0. The molecule has 7 fully saturated rings. The van der Waals surface area contributed by atoms with Crippen LogP contribution >= 0.6 is 0 Å². The molecule has 4 aromatic rings. The zero-order chi connectivity index (χ0) is 68.4. The lowest BCUT2D eigenvalue weighted by Crippen LogP contribution is -2.55. The Morgan fingerprint density at radius 1 is 0.515 bits per heavy atom. The van der Waals surface area contributed by atoms with Crippen LogP contribution in [0.15, 0.2) is 79.1 Å². The number of pyridine rings is 1. The van der Waals surface area contributed by atoms with Gasteiger partial charge in [0, 0.05) is 130 Å². The minimum atomic E-state index is -3.42. The highest BCUT2D eigenvalue weighted by Crippen LogP contribution is 2.52. The molecular formula is C74H96F2N10O10S. The summed E-state index contributed by atoms with van der Waals surface area (Å²) in [7, 11) is -3.42. The molecule has 1 aromatic heterocycles. The Bertz CT molecular complexity index is 3710. The first-order valence-corrected chi connectivity index (χ1v) is 37.1. The molecule has 14 rings (SSSR count). The van der Waals surface area contributed by atoms with Gasteiger partial charge in [0.25, 0.3) is 0 Å². The number of sulfonamides is 1. The highest BCUT2D eigenvalue weighted by Gasteiger charge is 2.52. The average Bonchev–Trinajstić information content (AvgIpc) is 1.60. The van der Waals surface area contributed by atoms with Gasteiger partial charge in [-0.15, -0.1) is 5.92 Å². The van der Waals surface area contributed by atoms with Crippen LogP contribution in [0.2, 0.25) is 0 Å². The van der Waals surface area contributed by atoms with Crippen LogP contribution < -0.4 is 14.1 Å². The number of carbonyl (C=O) groups excluding carboxylic acids is 5. The average molecular weight is 1360 g/mol. The summed E-state index contributed by atoms with van der Waals surface area (Å²) in [6.07, 6.45) is 17.6. The molecule has 97 heavy (non-hydrogen) atoms. The molecule has 23 heteroatoms. The van der Waals surface area contributed by atoms with E-state index in [9.17, 15) is 41.2 Å². The SMILES string of the molecule is CC#CCOC(=O)N1CCC(N2CCC3(CC2)CN(C(C)=O)c2ccc(F)cc23)CC1.CCOC(=O)N1C2CCC1CC(N1CCC3(CC1)CN(S(C)(=O)=O)c1ccc(F)cc13)C2.CCOC(=O)N1CCC(N2CCC3(CC2)CN(C(C)=O)c2ccc(-c4ccncc4)cc23)CC1. The number of fused-ring (bicyclic) bond motifs is 8. The summed E-state index contributed by atoms with van der Waals surface area (Å²) in [6, 6.07) is 21.8. The number of anilines is 3. The van der Waals surface area contributed by atoms with Crippen LogP contribution in [-0.4, -0.2) is 214 Å². The van der Waals surface area contributed by atoms with Gasteiger partial charge in [-0.2, -0.15) is 0 Å². The third-order valence-electron chi connectivity index (χ3n) is 23.2. The number of hydrogen-bond donors (Lipinski definition) is 0. The molecule has 2 bridgehead atoms. The zero-order valence-electron chi connectivity index (χ0n) is 57.3. The quantitative estimate of drug-likeness (QED) is 0.120. The Morgan fingerprint density at radius 3 is 1.40 bits per heavy atom. The second-order valence-corrected chi connectivity index (χ2v) is 30.4. The van der Waals surface area contributed by atoms with E-state index in [0.29, 0.717) is 63.2 Å². The van der Waals surface area contributed by atoms with Crippen molar-refractivity contribution < 1.29 is 55.4 Å². The summed E-state index contributed by atoms with van der Waals surface area (Å²) >= 11 is 0. The first-order chi connectivity index (χ1) is 46.7. The molecule has 2 unspecified atom stereocenters. The van der Waals surface area contributed by atoms with Crippen molar-refractivity contribution in [2.75, 3.05) is 125 Å². The van der Waals surface area contributed by atoms with Crippen LogP contribution in [0.5, 0.6) is 0 Å². The number of nitrogens with zero attached hydrogens (tertiary/aromatic N) is 10. The Kier molecular flexibility index (Phi) is 20.9. The van der Waals surface area contributed by atoms with Gasteiger partial charge in [0.1, 0.15) is 11.6 Å². The van der Waals surface area contributed by atoms with Crippen molar-refractivity contribution in [1.82, 2.24) is 34.4 Å². The summed E-state index contributed by atoms with van der Waals surface area (Å²) in [4.78, 5) is 82.3. The van der Waals surface area contributed by atoms with E-state index in [4.69, 9.17) is 14.2 Å². The molecule has 3 aromatic carbocycles. The number of hydrogen-bond acceptors (Lipinski definition) is 14. The second-order valence-electron chi connectivity index (χ2n) is 28.5. The van der Waals surface area contributed by atoms with Crippen LogP contribution in [0.1, 0.15) is 141 Å². The van der Waals surface area contributed by atoms with E-state index < -0.39 is 10.0 Å². The van der Waals surface area contributed by atoms with Gasteiger partial charge in [-0.1, -0.05) is 12.0 Å². The molecule has 0 saturated carbocycles. The van der Waals surface area contributed by atoms with E-state index in [1.807, 2.05) is 53.1 Å². The first kappa shape index (κ1) is 69.5. The highest BCUT2D eigenvalue weighted by atomic mass is 32.2. The summed E-state index contributed by atoms with van der Waals surface area (Å²) in [5, 5.41) is 0. The van der Waals surface area contributed by atoms with Crippen molar-refractivity contribution in [2.24, 2.45) is 0 Å². The maximum Gasteiger partial charge on any atom is 0.410 e. The van der Waals surface area contributed by atoms with E-state index in [1.54, 1.807) is 48.8 Å². The van der Waals surface area contributed by atoms with Crippen LogP contribution in [0.25, 0.3) is 11.1 Å². The number of likely N-dealkylation sites (tertiary alicyclic amines) is 5. The molecule has 11 heterocycles. The van der Waals surface area contributed by atoms with Crippen molar-refractivity contribution in [3.05, 3.63) is 107 Å². The van der Waals surface area contributed by atoms with E-state index in [2.05, 4.69) is 49.7 Å². The largest absolute Gasteiger partial charge is 0.450 e. The summed E-state index contributed by atoms with van der Waals surface area (Å²) in [5.41, 5.74) is 7.54. The van der Waals surface area contributed by atoms with Gasteiger partial charge in [0.15, 0.2) is 6.61 Å². The van der Waals surface area contributed by atoms with Gasteiger partial charge in [0.2, 0.25) is 21.8 Å². The van der Waals surface area contributed by atoms with E-state index in [-0.39, 0.29) is 76.7 Å². The van der Waals surface area contributed by atoms with Crippen LogP contribution in [0.4, 0.5) is 40.2 Å². The number of aromatic nitrogens is 1. The maximum absolute atomic E-state index is 14.1. The molecule has 7 saturated heterocycles. The van der Waals surface area contributed by atoms with E-state index >= 15 is 0 Å². The van der Waals surface area contributed by atoms with Gasteiger partial charge in [-0.25, -0.2) is 31.6 Å². The lowest BCUT2D eigenvalue weighted by Gasteiger charge is -2.47. The maximum atomic E-state index is 14.1. The number of ether oxygens (including phenoxy) is 3.